The largest absolute Gasteiger partial charge is 0.334 e. The number of hydrogen-bond donors (Lipinski definition) is 1. The van der Waals surface area contributed by atoms with Gasteiger partial charge in [0.05, 0.1) is 5.54 Å². The Morgan fingerprint density at radius 2 is 1.80 bits per heavy atom. The Kier molecular flexibility index (Phi) is 3.03. The fraction of sp³-hybridized carbons (Fsp3) is 0.875. The Bertz CT molecular complexity index is 124. The van der Waals surface area contributed by atoms with Crippen LogP contribution in [0.1, 0.15) is 34.6 Å². The summed E-state index contributed by atoms with van der Waals surface area (Å²) < 4.78 is 0. The maximum Gasteiger partial charge on any atom is 0.186 e. The topological polar surface area (TPSA) is 33.7 Å². The monoisotopic (exact) mass is 144 g/mol. The summed E-state index contributed by atoms with van der Waals surface area (Å²) in [6.45, 7) is 9.88. The zero-order valence-corrected chi connectivity index (χ0v) is 7.56. The smallest absolute Gasteiger partial charge is 0.186 e. The summed E-state index contributed by atoms with van der Waals surface area (Å²) in [6.07, 6.45) is 0. The fourth-order valence-electron chi connectivity index (χ4n) is 0.867. The first-order valence-corrected chi connectivity index (χ1v) is 3.69. The normalized spacial score (nSPS) is 14.9. The minimum absolute atomic E-state index is 0.0972. The van der Waals surface area contributed by atoms with Gasteiger partial charge in [-0.1, -0.05) is 0 Å². The minimum Gasteiger partial charge on any atom is -0.334 e. The Hall–Kier alpha value is -0.370. The summed E-state index contributed by atoms with van der Waals surface area (Å²) in [5.41, 5.74) is 0.158. The highest BCUT2D eigenvalue weighted by Crippen LogP contribution is 1.90. The van der Waals surface area contributed by atoms with Gasteiger partial charge in [0.15, 0.2) is 5.78 Å². The molecule has 2 nitrogen and oxygen atoms in total. The van der Waals surface area contributed by atoms with Crippen LogP contribution in [0, 0.1) is 0 Å². The van der Waals surface area contributed by atoms with E-state index in [4.69, 9.17) is 0 Å². The highest BCUT2D eigenvalue weighted by atomic mass is 16.1. The summed E-state index contributed by atoms with van der Waals surface area (Å²) in [5.74, 6) is 0.245. The Balaban J connectivity index is 3.80. The minimum atomic E-state index is 0.0972. The third-order valence-corrected chi connectivity index (χ3v) is 1.39. The number of nitrogens with two attached hydrogens (primary N) is 1. The Labute approximate surface area is 63.0 Å². The van der Waals surface area contributed by atoms with Crippen molar-refractivity contribution in [2.45, 2.75) is 46.2 Å². The molecular formula is C8H18NO+. The van der Waals surface area contributed by atoms with E-state index >= 15 is 0 Å². The van der Waals surface area contributed by atoms with Gasteiger partial charge in [-0.05, 0) is 27.7 Å². The molecule has 0 rings (SSSR count). The van der Waals surface area contributed by atoms with Gasteiger partial charge in [-0.25, -0.2) is 0 Å². The Morgan fingerprint density at radius 3 is 1.90 bits per heavy atom. The molecule has 2 N–H and O–H groups in total. The zero-order chi connectivity index (χ0) is 8.36. The van der Waals surface area contributed by atoms with Gasteiger partial charge in [0.2, 0.25) is 0 Å². The lowest BCUT2D eigenvalue weighted by atomic mass is 10.1. The quantitative estimate of drug-likeness (QED) is 0.595. The van der Waals surface area contributed by atoms with Crippen molar-refractivity contribution < 1.29 is 10.1 Å². The number of carbonyl (C=O) groups excluding carboxylic acids is 1. The van der Waals surface area contributed by atoms with E-state index < -0.39 is 0 Å². The van der Waals surface area contributed by atoms with Crippen LogP contribution in [0.5, 0.6) is 0 Å². The van der Waals surface area contributed by atoms with E-state index in [1.807, 2.05) is 6.92 Å². The van der Waals surface area contributed by atoms with Crippen LogP contribution < -0.4 is 5.32 Å². The lowest BCUT2D eigenvalue weighted by Crippen LogP contribution is -2.99. The second-order valence-electron chi connectivity index (χ2n) is 3.93. The molecule has 0 saturated heterocycles. The average Bonchev–Trinajstić information content (AvgIpc) is 1.60. The molecule has 0 aromatic rings. The number of ketones is 1. The van der Waals surface area contributed by atoms with Gasteiger partial charge in [-0.15, -0.1) is 0 Å². The number of quaternary nitrogens is 1. The van der Waals surface area contributed by atoms with Crippen LogP contribution in [0.4, 0.5) is 0 Å². The molecule has 0 bridgehead atoms. The predicted octanol–water partition coefficient (Wildman–Crippen LogP) is 0.326. The summed E-state index contributed by atoms with van der Waals surface area (Å²) in [5, 5.41) is 2.08. The van der Waals surface area contributed by atoms with Crippen LogP contribution in [0.25, 0.3) is 0 Å². The van der Waals surface area contributed by atoms with Crippen LogP contribution in [0.15, 0.2) is 0 Å². The molecule has 0 amide bonds. The zero-order valence-electron chi connectivity index (χ0n) is 7.56. The summed E-state index contributed by atoms with van der Waals surface area (Å²) in [7, 11) is 0. The molecule has 0 unspecified atom stereocenters. The van der Waals surface area contributed by atoms with E-state index in [-0.39, 0.29) is 17.4 Å². The fourth-order valence-corrected chi connectivity index (χ4v) is 0.867. The maximum atomic E-state index is 10.8. The second kappa shape index (κ2) is 3.15. The van der Waals surface area contributed by atoms with Gasteiger partial charge in [0.1, 0.15) is 6.04 Å². The molecule has 0 aliphatic rings. The van der Waals surface area contributed by atoms with Crippen molar-refractivity contribution in [2.75, 3.05) is 0 Å². The highest BCUT2D eigenvalue weighted by Gasteiger charge is 2.20. The predicted molar refractivity (Wildman–Crippen MR) is 41.8 cm³/mol. The molecule has 10 heavy (non-hydrogen) atoms. The van der Waals surface area contributed by atoms with Crippen LogP contribution in [0.3, 0.4) is 0 Å². The number of hydrogen-bond acceptors (Lipinski definition) is 1. The first kappa shape index (κ1) is 9.63. The summed E-state index contributed by atoms with van der Waals surface area (Å²) >= 11 is 0. The summed E-state index contributed by atoms with van der Waals surface area (Å²) in [6, 6.07) is 0.0972. The Morgan fingerprint density at radius 1 is 1.40 bits per heavy atom. The maximum absolute atomic E-state index is 10.8. The molecule has 0 aromatic carbocycles. The summed E-state index contributed by atoms with van der Waals surface area (Å²) in [4.78, 5) is 10.8. The first-order valence-electron chi connectivity index (χ1n) is 3.69. The van der Waals surface area contributed by atoms with E-state index in [9.17, 15) is 4.79 Å². The molecule has 2 heteroatoms. The number of carbonyl (C=O) groups is 1. The van der Waals surface area contributed by atoms with Crippen LogP contribution in [-0.2, 0) is 4.79 Å². The van der Waals surface area contributed by atoms with Crippen LogP contribution in [-0.4, -0.2) is 17.4 Å². The number of rotatable bonds is 2. The van der Waals surface area contributed by atoms with Gasteiger partial charge in [0.25, 0.3) is 0 Å². The third-order valence-electron chi connectivity index (χ3n) is 1.39. The van der Waals surface area contributed by atoms with E-state index in [0.29, 0.717) is 0 Å². The van der Waals surface area contributed by atoms with Gasteiger partial charge in [0, 0.05) is 6.92 Å². The SMILES string of the molecule is CC(=O)[C@@H](C)[NH2+]C(C)(C)C. The number of Topliss-reactive ketones (excluding diaryl/α,β-unsaturated/α-hetero) is 1. The van der Waals surface area contributed by atoms with Crippen molar-refractivity contribution >= 4 is 5.78 Å². The van der Waals surface area contributed by atoms with E-state index in [2.05, 4.69) is 26.1 Å². The van der Waals surface area contributed by atoms with Gasteiger partial charge < -0.3 is 5.32 Å². The van der Waals surface area contributed by atoms with Crippen molar-refractivity contribution in [1.82, 2.24) is 0 Å². The van der Waals surface area contributed by atoms with Crippen molar-refractivity contribution in [3.05, 3.63) is 0 Å². The molecule has 0 heterocycles. The highest BCUT2D eigenvalue weighted by molar-refractivity contribution is 5.79. The van der Waals surface area contributed by atoms with Crippen molar-refractivity contribution in [2.24, 2.45) is 0 Å². The molecule has 0 fully saturated rings. The second-order valence-corrected chi connectivity index (χ2v) is 3.93. The van der Waals surface area contributed by atoms with Crippen molar-refractivity contribution in [3.8, 4) is 0 Å². The van der Waals surface area contributed by atoms with Gasteiger partial charge >= 0.3 is 0 Å². The molecule has 0 aliphatic carbocycles. The standard InChI is InChI=1S/C8H17NO/c1-6(7(2)10)9-8(3,4)5/h6,9H,1-5H3/p+1/t6-/m1/s1. The third kappa shape index (κ3) is 4.50. The molecule has 0 spiro atoms. The van der Waals surface area contributed by atoms with Crippen LogP contribution in [0.2, 0.25) is 0 Å². The lowest BCUT2D eigenvalue weighted by Gasteiger charge is -2.20. The first-order chi connectivity index (χ1) is 4.33. The molecular weight excluding hydrogens is 126 g/mol. The molecule has 60 valence electrons. The van der Waals surface area contributed by atoms with Crippen LogP contribution >= 0.6 is 0 Å². The van der Waals surface area contributed by atoms with E-state index in [0.717, 1.165) is 0 Å². The molecule has 0 radical (unpaired) electrons. The van der Waals surface area contributed by atoms with E-state index in [1.165, 1.54) is 0 Å². The molecule has 1 atom stereocenters. The van der Waals surface area contributed by atoms with E-state index in [1.54, 1.807) is 6.92 Å². The lowest BCUT2D eigenvalue weighted by molar-refractivity contribution is -0.733. The van der Waals surface area contributed by atoms with Crippen molar-refractivity contribution in [1.29, 1.82) is 0 Å². The van der Waals surface area contributed by atoms with Gasteiger partial charge in [-0.3, -0.25) is 4.79 Å². The molecule has 0 aliphatic heterocycles. The molecule has 0 saturated carbocycles. The van der Waals surface area contributed by atoms with Crippen molar-refractivity contribution in [3.63, 3.8) is 0 Å². The average molecular weight is 144 g/mol. The van der Waals surface area contributed by atoms with Gasteiger partial charge in [-0.2, -0.15) is 0 Å². The molecule has 0 aromatic heterocycles.